The molecule has 0 saturated carbocycles. The predicted molar refractivity (Wildman–Crippen MR) is 82.0 cm³/mol. The van der Waals surface area contributed by atoms with Gasteiger partial charge in [-0.3, -0.25) is 0 Å². The first-order valence-electron chi connectivity index (χ1n) is 7.25. The first-order chi connectivity index (χ1) is 10.2. The Morgan fingerprint density at radius 3 is 2.81 bits per heavy atom. The zero-order valence-electron chi connectivity index (χ0n) is 12.4. The molecule has 4 nitrogen and oxygen atoms in total. The van der Waals surface area contributed by atoms with Crippen LogP contribution in [0.25, 0.3) is 0 Å². The monoisotopic (exact) mass is 278 g/mol. The van der Waals surface area contributed by atoms with Crippen molar-refractivity contribution in [3.05, 3.63) is 53.0 Å². The van der Waals surface area contributed by atoms with Crippen molar-refractivity contribution >= 4 is 5.82 Å². The second-order valence-electron chi connectivity index (χ2n) is 5.51. The SMILES string of the molecule is Cc1cccc(C2CCCN2c2cnc(C#N)cn2)c1C. The van der Waals surface area contributed by atoms with Crippen molar-refractivity contribution < 1.29 is 0 Å². The van der Waals surface area contributed by atoms with E-state index < -0.39 is 0 Å². The molecule has 1 atom stereocenters. The summed E-state index contributed by atoms with van der Waals surface area (Å²) in [7, 11) is 0. The molecule has 0 N–H and O–H groups in total. The van der Waals surface area contributed by atoms with Crippen LogP contribution in [-0.4, -0.2) is 16.5 Å². The second kappa shape index (κ2) is 5.53. The fourth-order valence-electron chi connectivity index (χ4n) is 3.03. The van der Waals surface area contributed by atoms with Gasteiger partial charge in [0.2, 0.25) is 0 Å². The van der Waals surface area contributed by atoms with Crippen molar-refractivity contribution in [2.75, 3.05) is 11.4 Å². The van der Waals surface area contributed by atoms with E-state index in [2.05, 4.69) is 46.9 Å². The zero-order valence-corrected chi connectivity index (χ0v) is 12.4. The number of rotatable bonds is 2. The molecular formula is C17H18N4. The van der Waals surface area contributed by atoms with Crippen LogP contribution in [0.4, 0.5) is 5.82 Å². The Hall–Kier alpha value is -2.41. The Kier molecular flexibility index (Phi) is 3.57. The lowest BCUT2D eigenvalue weighted by molar-refractivity contribution is 0.704. The van der Waals surface area contributed by atoms with Crippen molar-refractivity contribution in [2.45, 2.75) is 32.7 Å². The quantitative estimate of drug-likeness (QED) is 0.845. The minimum atomic E-state index is 0.354. The molecule has 1 saturated heterocycles. The zero-order chi connectivity index (χ0) is 14.8. The normalized spacial score (nSPS) is 17.8. The van der Waals surface area contributed by atoms with Crippen LogP contribution < -0.4 is 4.90 Å². The molecule has 3 rings (SSSR count). The van der Waals surface area contributed by atoms with Crippen LogP contribution >= 0.6 is 0 Å². The van der Waals surface area contributed by atoms with Gasteiger partial charge in [-0.1, -0.05) is 18.2 Å². The smallest absolute Gasteiger partial charge is 0.158 e. The largest absolute Gasteiger partial charge is 0.348 e. The van der Waals surface area contributed by atoms with Gasteiger partial charge < -0.3 is 4.90 Å². The maximum absolute atomic E-state index is 8.82. The van der Waals surface area contributed by atoms with Gasteiger partial charge in [-0.25, -0.2) is 9.97 Å². The molecule has 1 aliphatic heterocycles. The van der Waals surface area contributed by atoms with Crippen molar-refractivity contribution in [1.82, 2.24) is 9.97 Å². The van der Waals surface area contributed by atoms with Crippen LogP contribution in [0.2, 0.25) is 0 Å². The van der Waals surface area contributed by atoms with E-state index in [4.69, 9.17) is 5.26 Å². The van der Waals surface area contributed by atoms with Crippen molar-refractivity contribution in [2.24, 2.45) is 0 Å². The average Bonchev–Trinajstić information content (AvgIpc) is 2.99. The standard InChI is InChI=1S/C17H18N4/c1-12-5-3-6-15(13(12)2)16-7-4-8-21(16)17-11-19-14(9-18)10-20-17/h3,5-6,10-11,16H,4,7-8H2,1-2H3. The number of hydrogen-bond acceptors (Lipinski definition) is 4. The molecule has 0 aliphatic carbocycles. The Labute approximate surface area is 125 Å². The molecule has 106 valence electrons. The lowest BCUT2D eigenvalue weighted by atomic mass is 9.96. The van der Waals surface area contributed by atoms with E-state index in [0.29, 0.717) is 11.7 Å². The maximum atomic E-state index is 8.82. The van der Waals surface area contributed by atoms with E-state index in [-0.39, 0.29) is 0 Å². The highest BCUT2D eigenvalue weighted by Crippen LogP contribution is 2.36. The van der Waals surface area contributed by atoms with Gasteiger partial charge in [0.15, 0.2) is 5.69 Å². The minimum absolute atomic E-state index is 0.354. The van der Waals surface area contributed by atoms with E-state index in [1.54, 1.807) is 12.4 Å². The van der Waals surface area contributed by atoms with Crippen molar-refractivity contribution in [3.63, 3.8) is 0 Å². The van der Waals surface area contributed by atoms with E-state index in [9.17, 15) is 0 Å². The van der Waals surface area contributed by atoms with Crippen molar-refractivity contribution in [3.8, 4) is 6.07 Å². The third kappa shape index (κ3) is 2.47. The lowest BCUT2D eigenvalue weighted by Crippen LogP contribution is -2.24. The number of hydrogen-bond donors (Lipinski definition) is 0. The van der Waals surface area contributed by atoms with Crippen LogP contribution in [0, 0.1) is 25.2 Å². The predicted octanol–water partition coefficient (Wildman–Crippen LogP) is 3.31. The van der Waals surface area contributed by atoms with Gasteiger partial charge in [-0.2, -0.15) is 5.26 Å². The molecule has 1 unspecified atom stereocenters. The maximum Gasteiger partial charge on any atom is 0.158 e. The van der Waals surface area contributed by atoms with E-state index in [0.717, 1.165) is 25.2 Å². The van der Waals surface area contributed by atoms with Crippen LogP contribution in [0.3, 0.4) is 0 Å². The van der Waals surface area contributed by atoms with E-state index >= 15 is 0 Å². The van der Waals surface area contributed by atoms with Gasteiger partial charge in [0.1, 0.15) is 11.9 Å². The summed E-state index contributed by atoms with van der Waals surface area (Å²) in [6.45, 7) is 5.32. The number of aryl methyl sites for hydroxylation is 1. The number of anilines is 1. The summed E-state index contributed by atoms with van der Waals surface area (Å²) in [5.74, 6) is 0.859. The highest BCUT2D eigenvalue weighted by Gasteiger charge is 2.28. The Bertz CT molecular complexity index is 685. The molecule has 4 heteroatoms. The topological polar surface area (TPSA) is 52.8 Å². The molecule has 2 heterocycles. The van der Waals surface area contributed by atoms with Gasteiger partial charge in [0.25, 0.3) is 0 Å². The summed E-state index contributed by atoms with van der Waals surface area (Å²) in [6, 6.07) is 8.85. The van der Waals surface area contributed by atoms with Gasteiger partial charge >= 0.3 is 0 Å². The highest BCUT2D eigenvalue weighted by atomic mass is 15.2. The molecule has 0 spiro atoms. The van der Waals surface area contributed by atoms with Crippen LogP contribution in [0.15, 0.2) is 30.6 Å². The van der Waals surface area contributed by atoms with Crippen LogP contribution in [-0.2, 0) is 0 Å². The average molecular weight is 278 g/mol. The third-order valence-electron chi connectivity index (χ3n) is 4.31. The van der Waals surface area contributed by atoms with E-state index in [1.165, 1.54) is 16.7 Å². The highest BCUT2D eigenvalue weighted by molar-refractivity contribution is 5.46. The Morgan fingerprint density at radius 2 is 2.10 bits per heavy atom. The summed E-state index contributed by atoms with van der Waals surface area (Å²) in [6.07, 6.45) is 5.54. The summed E-state index contributed by atoms with van der Waals surface area (Å²) in [5.41, 5.74) is 4.42. The molecular weight excluding hydrogens is 260 g/mol. The number of nitriles is 1. The molecule has 1 fully saturated rings. The number of benzene rings is 1. The van der Waals surface area contributed by atoms with E-state index in [1.807, 2.05) is 6.07 Å². The fraction of sp³-hybridized carbons (Fsp3) is 0.353. The summed E-state index contributed by atoms with van der Waals surface area (Å²) < 4.78 is 0. The van der Waals surface area contributed by atoms with Crippen LogP contribution in [0.1, 0.15) is 41.3 Å². The Balaban J connectivity index is 1.95. The fourth-order valence-corrected chi connectivity index (χ4v) is 3.03. The molecule has 0 amide bonds. The second-order valence-corrected chi connectivity index (χ2v) is 5.51. The summed E-state index contributed by atoms with van der Waals surface area (Å²) in [4.78, 5) is 10.8. The number of nitrogens with zero attached hydrogens (tertiary/aromatic N) is 4. The van der Waals surface area contributed by atoms with Gasteiger partial charge in [-0.05, 0) is 43.4 Å². The van der Waals surface area contributed by atoms with Crippen LogP contribution in [0.5, 0.6) is 0 Å². The van der Waals surface area contributed by atoms with Gasteiger partial charge in [0.05, 0.1) is 18.4 Å². The third-order valence-corrected chi connectivity index (χ3v) is 4.31. The first kappa shape index (κ1) is 13.6. The first-order valence-corrected chi connectivity index (χ1v) is 7.25. The number of aromatic nitrogens is 2. The Morgan fingerprint density at radius 1 is 1.24 bits per heavy atom. The summed E-state index contributed by atoms with van der Waals surface area (Å²) in [5, 5.41) is 8.82. The van der Waals surface area contributed by atoms with Crippen molar-refractivity contribution in [1.29, 1.82) is 5.26 Å². The van der Waals surface area contributed by atoms with Gasteiger partial charge in [0, 0.05) is 6.54 Å². The minimum Gasteiger partial charge on any atom is -0.348 e. The molecule has 1 aliphatic rings. The molecule has 1 aromatic heterocycles. The molecule has 0 radical (unpaired) electrons. The molecule has 2 aromatic rings. The molecule has 21 heavy (non-hydrogen) atoms. The molecule has 1 aromatic carbocycles. The summed E-state index contributed by atoms with van der Waals surface area (Å²) >= 11 is 0. The lowest BCUT2D eigenvalue weighted by Gasteiger charge is -2.27. The molecule has 0 bridgehead atoms. The van der Waals surface area contributed by atoms with Gasteiger partial charge in [-0.15, -0.1) is 0 Å².